The Hall–Kier alpha value is -2.80. The normalized spacial score (nSPS) is 25.6. The highest BCUT2D eigenvalue weighted by molar-refractivity contribution is 7.09. The van der Waals surface area contributed by atoms with E-state index in [4.69, 9.17) is 4.42 Å². The van der Waals surface area contributed by atoms with E-state index >= 15 is 0 Å². The van der Waals surface area contributed by atoms with Gasteiger partial charge in [-0.2, -0.15) is 0 Å². The molecule has 3 aromatic rings. The van der Waals surface area contributed by atoms with Crippen molar-refractivity contribution in [1.29, 1.82) is 0 Å². The quantitative estimate of drug-likeness (QED) is 0.599. The summed E-state index contributed by atoms with van der Waals surface area (Å²) in [5.74, 6) is 1.20. The van der Waals surface area contributed by atoms with E-state index in [1.807, 2.05) is 53.3 Å². The summed E-state index contributed by atoms with van der Waals surface area (Å²) >= 11 is 1.60. The van der Waals surface area contributed by atoms with Gasteiger partial charge in [0.15, 0.2) is 0 Å². The van der Waals surface area contributed by atoms with Gasteiger partial charge in [0.1, 0.15) is 17.0 Å². The van der Waals surface area contributed by atoms with Crippen molar-refractivity contribution < 1.29 is 14.0 Å². The molecule has 1 atom stereocenters. The van der Waals surface area contributed by atoms with E-state index in [1.165, 1.54) is 0 Å². The molecule has 0 aromatic carbocycles. The van der Waals surface area contributed by atoms with Crippen LogP contribution in [0.1, 0.15) is 54.9 Å². The van der Waals surface area contributed by atoms with Crippen LogP contribution in [0.25, 0.3) is 11.5 Å². The number of rotatable bonds is 5. The Bertz CT molecular complexity index is 1090. The number of hydrogen-bond acceptors (Lipinski definition) is 4. The van der Waals surface area contributed by atoms with Crippen LogP contribution in [0.3, 0.4) is 0 Å². The van der Waals surface area contributed by atoms with Gasteiger partial charge in [-0.15, -0.1) is 11.3 Å². The van der Waals surface area contributed by atoms with Gasteiger partial charge in [0, 0.05) is 10.9 Å². The highest BCUT2D eigenvalue weighted by Crippen LogP contribution is 2.35. The maximum atomic E-state index is 13.7. The van der Waals surface area contributed by atoms with Crippen LogP contribution in [0.2, 0.25) is 0 Å². The zero-order valence-corrected chi connectivity index (χ0v) is 19.4. The van der Waals surface area contributed by atoms with Crippen molar-refractivity contribution in [2.24, 2.45) is 5.92 Å². The third-order valence-corrected chi connectivity index (χ3v) is 7.88. The molecular formula is C25H29N3O3S. The molecule has 168 valence electrons. The molecule has 4 heterocycles. The summed E-state index contributed by atoms with van der Waals surface area (Å²) in [5, 5.41) is 5.29. The van der Waals surface area contributed by atoms with Crippen molar-refractivity contribution in [2.45, 2.75) is 64.2 Å². The van der Waals surface area contributed by atoms with Crippen LogP contribution < -0.4 is 5.32 Å². The predicted octanol–water partition coefficient (Wildman–Crippen LogP) is 4.92. The monoisotopic (exact) mass is 451 g/mol. The molecule has 5 rings (SSSR count). The van der Waals surface area contributed by atoms with Crippen LogP contribution in [0.5, 0.6) is 0 Å². The molecule has 1 fully saturated rings. The molecule has 0 spiro atoms. The minimum atomic E-state index is -1.00. The Kier molecular flexibility index (Phi) is 5.45. The van der Waals surface area contributed by atoms with Gasteiger partial charge in [-0.1, -0.05) is 13.0 Å². The lowest BCUT2D eigenvalue weighted by Crippen LogP contribution is -2.64. The van der Waals surface area contributed by atoms with Gasteiger partial charge in [0.25, 0.3) is 5.91 Å². The highest BCUT2D eigenvalue weighted by Gasteiger charge is 2.48. The molecule has 6 nitrogen and oxygen atoms in total. The number of aromatic nitrogens is 1. The number of fused-ring (bicyclic) bond motifs is 1. The first-order valence-corrected chi connectivity index (χ1v) is 12.2. The Morgan fingerprint density at radius 1 is 1.16 bits per heavy atom. The van der Waals surface area contributed by atoms with E-state index in [0.717, 1.165) is 36.3 Å². The lowest BCUT2D eigenvalue weighted by atomic mass is 9.86. The van der Waals surface area contributed by atoms with Crippen molar-refractivity contribution in [3.05, 3.63) is 58.6 Å². The number of amides is 2. The van der Waals surface area contributed by atoms with Crippen molar-refractivity contribution in [1.82, 2.24) is 14.8 Å². The highest BCUT2D eigenvalue weighted by atomic mass is 32.1. The maximum absolute atomic E-state index is 13.7. The topological polar surface area (TPSA) is 67.5 Å². The molecule has 0 unspecified atom stereocenters. The number of hydrogen-bond donors (Lipinski definition) is 1. The lowest BCUT2D eigenvalue weighted by molar-refractivity contribution is -0.134. The van der Waals surface area contributed by atoms with Gasteiger partial charge < -0.3 is 19.2 Å². The summed E-state index contributed by atoms with van der Waals surface area (Å²) in [6.07, 6.45) is 5.87. The summed E-state index contributed by atoms with van der Waals surface area (Å²) in [6.45, 7) is 4.97. The Labute approximate surface area is 192 Å². The van der Waals surface area contributed by atoms with Crippen LogP contribution in [0.4, 0.5) is 0 Å². The molecule has 2 aliphatic rings. The van der Waals surface area contributed by atoms with Crippen LogP contribution in [-0.2, 0) is 17.9 Å². The molecule has 2 amide bonds. The minimum Gasteiger partial charge on any atom is -0.463 e. The zero-order valence-electron chi connectivity index (χ0n) is 18.5. The van der Waals surface area contributed by atoms with Crippen LogP contribution in [0, 0.1) is 5.92 Å². The van der Waals surface area contributed by atoms with E-state index in [9.17, 15) is 9.59 Å². The molecule has 0 radical (unpaired) electrons. The molecule has 3 aromatic heterocycles. The Morgan fingerprint density at radius 3 is 2.62 bits per heavy atom. The number of carbonyl (C=O) groups is 2. The fourth-order valence-electron chi connectivity index (χ4n) is 4.96. The predicted molar refractivity (Wildman–Crippen MR) is 124 cm³/mol. The van der Waals surface area contributed by atoms with E-state index in [-0.39, 0.29) is 17.9 Å². The third kappa shape index (κ3) is 3.68. The largest absolute Gasteiger partial charge is 0.463 e. The van der Waals surface area contributed by atoms with Gasteiger partial charge >= 0.3 is 0 Å². The van der Waals surface area contributed by atoms with Gasteiger partial charge in [-0.3, -0.25) is 9.59 Å². The van der Waals surface area contributed by atoms with E-state index in [1.54, 1.807) is 22.5 Å². The lowest BCUT2D eigenvalue weighted by Gasteiger charge is -2.45. The van der Waals surface area contributed by atoms with Gasteiger partial charge in [-0.05, 0) is 74.2 Å². The summed E-state index contributed by atoms with van der Waals surface area (Å²) in [6, 6.07) is 11.6. The van der Waals surface area contributed by atoms with Crippen LogP contribution >= 0.6 is 11.3 Å². The number of nitrogens with one attached hydrogen (secondary N) is 1. The number of carbonyl (C=O) groups excluding carboxylic acids is 2. The number of furan rings is 1. The van der Waals surface area contributed by atoms with Crippen LogP contribution in [-0.4, -0.2) is 32.9 Å². The number of nitrogens with zero attached hydrogens (tertiary/aromatic N) is 2. The van der Waals surface area contributed by atoms with Crippen molar-refractivity contribution in [3.8, 4) is 11.5 Å². The van der Waals surface area contributed by atoms with Crippen molar-refractivity contribution in [3.63, 3.8) is 0 Å². The van der Waals surface area contributed by atoms with Crippen molar-refractivity contribution in [2.75, 3.05) is 0 Å². The van der Waals surface area contributed by atoms with E-state index in [0.29, 0.717) is 30.5 Å². The summed E-state index contributed by atoms with van der Waals surface area (Å²) in [4.78, 5) is 30.2. The van der Waals surface area contributed by atoms with Gasteiger partial charge in [-0.25, -0.2) is 0 Å². The van der Waals surface area contributed by atoms with E-state index in [2.05, 4.69) is 12.2 Å². The third-order valence-electron chi connectivity index (χ3n) is 7.01. The maximum Gasteiger partial charge on any atom is 0.271 e. The van der Waals surface area contributed by atoms with Gasteiger partial charge in [0.05, 0.1) is 25.0 Å². The summed E-state index contributed by atoms with van der Waals surface area (Å²) in [7, 11) is 0. The molecule has 32 heavy (non-hydrogen) atoms. The smallest absolute Gasteiger partial charge is 0.271 e. The zero-order chi connectivity index (χ0) is 22.3. The second-order valence-corrected chi connectivity index (χ2v) is 10.4. The first-order valence-electron chi connectivity index (χ1n) is 11.3. The molecule has 0 saturated heterocycles. The molecule has 1 aliphatic heterocycles. The molecule has 0 bridgehead atoms. The van der Waals surface area contributed by atoms with Crippen LogP contribution in [0.15, 0.2) is 52.5 Å². The molecular weight excluding hydrogens is 422 g/mol. The summed E-state index contributed by atoms with van der Waals surface area (Å²) in [5.41, 5.74) is 0.404. The Balaban J connectivity index is 1.50. The fraction of sp³-hybridized carbons (Fsp3) is 0.440. The standard InChI is InChI=1S/C25H29N3O3S/c1-17-7-9-18(10-8-17)26-24(30)25(2)16-27-20(22-6-3-13-31-22)11-12-21(27)23(29)28(25)15-19-5-4-14-32-19/h3-6,11-14,17-18H,7-10,15-16H2,1-2H3,(H,26,30)/t17?,18?,25-/m1/s1. The average molecular weight is 452 g/mol. The fourth-order valence-corrected chi connectivity index (χ4v) is 5.66. The second-order valence-electron chi connectivity index (χ2n) is 9.34. The first kappa shape index (κ1) is 21.1. The summed E-state index contributed by atoms with van der Waals surface area (Å²) < 4.78 is 7.55. The Morgan fingerprint density at radius 2 is 1.94 bits per heavy atom. The number of thiophene rings is 1. The average Bonchev–Trinajstić information content (AvgIpc) is 3.54. The SMILES string of the molecule is CC1CCC(NC(=O)[C@@]2(C)Cn3c(ccc3-c3ccco3)C(=O)N2Cc2cccs2)CC1. The van der Waals surface area contributed by atoms with E-state index < -0.39 is 5.54 Å². The molecule has 1 N–H and O–H groups in total. The van der Waals surface area contributed by atoms with Crippen molar-refractivity contribution >= 4 is 23.2 Å². The molecule has 1 saturated carbocycles. The second kappa shape index (κ2) is 8.28. The molecule has 1 aliphatic carbocycles. The minimum absolute atomic E-state index is 0.0771. The first-order chi connectivity index (χ1) is 15.5. The van der Waals surface area contributed by atoms with Gasteiger partial charge in [0.2, 0.25) is 5.91 Å². The molecule has 7 heteroatoms.